The molecule has 10 nitrogen and oxygen atoms in total. The summed E-state index contributed by atoms with van der Waals surface area (Å²) >= 11 is 0. The molecule has 29 heavy (non-hydrogen) atoms. The first-order chi connectivity index (χ1) is 14.1. The summed E-state index contributed by atoms with van der Waals surface area (Å²) in [5.74, 6) is 1.54. The molecule has 3 aromatic heterocycles. The average Bonchev–Trinajstić information content (AvgIpc) is 3.17. The molecule has 0 aliphatic heterocycles. The zero-order chi connectivity index (χ0) is 20.2. The van der Waals surface area contributed by atoms with Gasteiger partial charge in [0.2, 0.25) is 5.95 Å². The van der Waals surface area contributed by atoms with Gasteiger partial charge in [-0.05, 0) is 38.3 Å². The summed E-state index contributed by atoms with van der Waals surface area (Å²) in [5, 5.41) is 18.9. The lowest BCUT2D eigenvalue weighted by Gasteiger charge is -2.15. The second-order valence-corrected chi connectivity index (χ2v) is 6.94. The zero-order valence-electron chi connectivity index (χ0n) is 16.2. The highest BCUT2D eigenvalue weighted by molar-refractivity contribution is 5.42. The van der Waals surface area contributed by atoms with Crippen LogP contribution in [0.15, 0.2) is 41.6 Å². The van der Waals surface area contributed by atoms with Crippen molar-refractivity contribution in [2.75, 3.05) is 17.7 Å². The molecule has 2 N–H and O–H groups in total. The van der Waals surface area contributed by atoms with Gasteiger partial charge in [-0.1, -0.05) is 0 Å². The first-order valence-corrected chi connectivity index (χ1v) is 9.40. The van der Waals surface area contributed by atoms with E-state index in [1.807, 2.05) is 13.0 Å². The number of nitrogens with zero attached hydrogens (tertiary/aromatic N) is 6. The molecule has 1 saturated carbocycles. The third kappa shape index (κ3) is 4.31. The van der Waals surface area contributed by atoms with Gasteiger partial charge in [0.15, 0.2) is 5.75 Å². The maximum atomic E-state index is 12.3. The zero-order valence-corrected chi connectivity index (χ0v) is 16.2. The van der Waals surface area contributed by atoms with Gasteiger partial charge in [0.05, 0.1) is 37.1 Å². The van der Waals surface area contributed by atoms with E-state index < -0.39 is 0 Å². The van der Waals surface area contributed by atoms with E-state index in [1.54, 1.807) is 18.5 Å². The Morgan fingerprint density at radius 2 is 1.90 bits per heavy atom. The summed E-state index contributed by atoms with van der Waals surface area (Å²) in [6.45, 7) is 1.86. The summed E-state index contributed by atoms with van der Waals surface area (Å²) < 4.78 is 6.32. The van der Waals surface area contributed by atoms with Crippen LogP contribution < -0.4 is 20.9 Å². The van der Waals surface area contributed by atoms with Crippen molar-refractivity contribution in [3.05, 3.63) is 52.8 Å². The molecule has 0 bridgehead atoms. The van der Waals surface area contributed by atoms with Gasteiger partial charge in [0, 0.05) is 18.2 Å². The van der Waals surface area contributed by atoms with Gasteiger partial charge in [0.1, 0.15) is 5.82 Å². The normalized spacial score (nSPS) is 18.4. The predicted octanol–water partition coefficient (Wildman–Crippen LogP) is 1.57. The number of aromatic nitrogens is 6. The first-order valence-electron chi connectivity index (χ1n) is 9.40. The topological polar surface area (TPSA) is 120 Å². The fourth-order valence-electron chi connectivity index (χ4n) is 3.37. The summed E-state index contributed by atoms with van der Waals surface area (Å²) in [7, 11) is 1.46. The van der Waals surface area contributed by atoms with Crippen molar-refractivity contribution in [3.63, 3.8) is 0 Å². The molecule has 0 aromatic carbocycles. The number of anilines is 2. The van der Waals surface area contributed by atoms with Crippen molar-refractivity contribution >= 4 is 11.8 Å². The molecule has 1 aliphatic rings. The minimum Gasteiger partial charge on any atom is -0.491 e. The van der Waals surface area contributed by atoms with Crippen LogP contribution in [-0.2, 0) is 0 Å². The number of aryl methyl sites for hydroxylation is 1. The van der Waals surface area contributed by atoms with Crippen molar-refractivity contribution < 1.29 is 4.74 Å². The molecule has 0 unspecified atom stereocenters. The van der Waals surface area contributed by atoms with Crippen LogP contribution in [0.2, 0.25) is 0 Å². The Morgan fingerprint density at radius 1 is 1.07 bits per heavy atom. The molecule has 4 rings (SSSR count). The van der Waals surface area contributed by atoms with Crippen LogP contribution in [0.25, 0.3) is 5.69 Å². The number of ether oxygens (including phenoxy) is 1. The molecule has 1 aliphatic carbocycles. The maximum absolute atomic E-state index is 12.3. The lowest BCUT2D eigenvalue weighted by molar-refractivity contribution is 0.403. The maximum Gasteiger partial charge on any atom is 0.313 e. The molecule has 0 amide bonds. The number of rotatable bonds is 6. The molecule has 0 spiro atoms. The molecular formula is C19H22N8O2. The first kappa shape index (κ1) is 18.8. The van der Waals surface area contributed by atoms with Gasteiger partial charge in [-0.25, -0.2) is 9.97 Å². The highest BCUT2D eigenvalue weighted by Gasteiger charge is 2.25. The van der Waals surface area contributed by atoms with Crippen molar-refractivity contribution in [1.82, 2.24) is 29.9 Å². The Hall–Kier alpha value is -3.56. The monoisotopic (exact) mass is 394 g/mol. The second kappa shape index (κ2) is 8.21. The Balaban J connectivity index is 1.37. The Kier molecular flexibility index (Phi) is 5.32. The van der Waals surface area contributed by atoms with Gasteiger partial charge in [-0.3, -0.25) is 4.79 Å². The van der Waals surface area contributed by atoms with Crippen LogP contribution in [0.3, 0.4) is 0 Å². The molecule has 10 heteroatoms. The lowest BCUT2D eigenvalue weighted by atomic mass is 10.2. The van der Waals surface area contributed by atoms with Crippen LogP contribution in [0, 0.1) is 6.92 Å². The molecule has 3 aromatic rings. The van der Waals surface area contributed by atoms with E-state index in [4.69, 9.17) is 4.74 Å². The van der Waals surface area contributed by atoms with Crippen molar-refractivity contribution in [1.29, 1.82) is 0 Å². The predicted molar refractivity (Wildman–Crippen MR) is 107 cm³/mol. The van der Waals surface area contributed by atoms with Gasteiger partial charge in [-0.2, -0.15) is 14.9 Å². The lowest BCUT2D eigenvalue weighted by Crippen LogP contribution is -2.23. The number of hydrogen-bond acceptors (Lipinski definition) is 9. The molecular weight excluding hydrogens is 372 g/mol. The van der Waals surface area contributed by atoms with Crippen LogP contribution in [-0.4, -0.2) is 49.1 Å². The molecule has 1 fully saturated rings. The molecule has 2 atom stereocenters. The summed E-state index contributed by atoms with van der Waals surface area (Å²) in [6, 6.07) is 5.76. The molecule has 150 valence electrons. The summed E-state index contributed by atoms with van der Waals surface area (Å²) in [4.78, 5) is 21.0. The van der Waals surface area contributed by atoms with E-state index in [9.17, 15) is 4.79 Å². The molecule has 0 saturated heterocycles. The number of hydrogen-bond donors (Lipinski definition) is 2. The highest BCUT2D eigenvalue weighted by atomic mass is 16.5. The quantitative estimate of drug-likeness (QED) is 0.642. The average molecular weight is 394 g/mol. The SMILES string of the molecule is COc1ccnn(-c2ccc(N[C@H]3CC[C@H](Nc4ncc(C)nn4)C3)nc2)c1=O. The van der Waals surface area contributed by atoms with E-state index in [2.05, 4.69) is 35.9 Å². The largest absolute Gasteiger partial charge is 0.491 e. The standard InChI is InChI=1S/C19H22N8O2/c1-12-10-21-19(26-25-12)24-14-4-3-13(9-14)23-17-6-5-15(11-20-17)27-18(28)16(29-2)7-8-22-27/h5-8,10-11,13-14H,3-4,9H2,1-2H3,(H,20,23)(H,21,24,26)/t13-,14-/m0/s1. The third-order valence-electron chi connectivity index (χ3n) is 4.82. The van der Waals surface area contributed by atoms with Crippen LogP contribution in [0.4, 0.5) is 11.8 Å². The molecule has 3 heterocycles. The van der Waals surface area contributed by atoms with Gasteiger partial charge in [0.25, 0.3) is 0 Å². The van der Waals surface area contributed by atoms with Crippen LogP contribution in [0.1, 0.15) is 25.0 Å². The van der Waals surface area contributed by atoms with Crippen molar-refractivity contribution in [2.24, 2.45) is 0 Å². The van der Waals surface area contributed by atoms with E-state index in [1.165, 1.54) is 24.1 Å². The number of pyridine rings is 1. The van der Waals surface area contributed by atoms with Crippen LogP contribution in [0.5, 0.6) is 5.75 Å². The van der Waals surface area contributed by atoms with Crippen molar-refractivity contribution in [2.45, 2.75) is 38.3 Å². The Morgan fingerprint density at radius 3 is 2.59 bits per heavy atom. The Labute approximate surface area is 167 Å². The van der Waals surface area contributed by atoms with E-state index in [0.29, 0.717) is 17.7 Å². The van der Waals surface area contributed by atoms with E-state index in [0.717, 1.165) is 30.8 Å². The smallest absolute Gasteiger partial charge is 0.313 e. The minimum absolute atomic E-state index is 0.236. The van der Waals surface area contributed by atoms with E-state index >= 15 is 0 Å². The van der Waals surface area contributed by atoms with Gasteiger partial charge in [-0.15, -0.1) is 5.10 Å². The van der Waals surface area contributed by atoms with Gasteiger partial charge < -0.3 is 15.4 Å². The second-order valence-electron chi connectivity index (χ2n) is 6.94. The Bertz CT molecular complexity index is 1020. The third-order valence-corrected chi connectivity index (χ3v) is 4.82. The van der Waals surface area contributed by atoms with Crippen LogP contribution >= 0.6 is 0 Å². The van der Waals surface area contributed by atoms with Gasteiger partial charge >= 0.3 is 5.56 Å². The highest BCUT2D eigenvalue weighted by Crippen LogP contribution is 2.24. The molecule has 0 radical (unpaired) electrons. The summed E-state index contributed by atoms with van der Waals surface area (Å²) in [6.07, 6.45) is 7.79. The fourth-order valence-corrected chi connectivity index (χ4v) is 3.37. The summed E-state index contributed by atoms with van der Waals surface area (Å²) in [5.41, 5.74) is 1.05. The number of nitrogens with one attached hydrogen (secondary N) is 2. The minimum atomic E-state index is -0.324. The van der Waals surface area contributed by atoms with Crippen molar-refractivity contribution in [3.8, 4) is 11.4 Å². The fraction of sp³-hybridized carbons (Fsp3) is 0.368. The van der Waals surface area contributed by atoms with E-state index in [-0.39, 0.29) is 17.4 Å². The number of methoxy groups -OCH3 is 1.